The highest BCUT2D eigenvalue weighted by atomic mass is 16.6. The van der Waals surface area contributed by atoms with E-state index in [0.717, 1.165) is 13.1 Å². The summed E-state index contributed by atoms with van der Waals surface area (Å²) in [5.74, 6) is 1.09. The summed E-state index contributed by atoms with van der Waals surface area (Å²) >= 11 is 0. The van der Waals surface area contributed by atoms with Crippen LogP contribution in [0.25, 0.3) is 0 Å². The van der Waals surface area contributed by atoms with Crippen LogP contribution in [0.5, 0.6) is 0 Å². The second-order valence-corrected chi connectivity index (χ2v) is 3.70. The Morgan fingerprint density at radius 1 is 1.46 bits per heavy atom. The van der Waals surface area contributed by atoms with Gasteiger partial charge in [-0.3, -0.25) is 0 Å². The van der Waals surface area contributed by atoms with Crippen molar-refractivity contribution in [3.05, 3.63) is 0 Å². The van der Waals surface area contributed by atoms with Crippen molar-refractivity contribution in [1.82, 2.24) is 4.90 Å². The zero-order valence-electron chi connectivity index (χ0n) is 8.19. The second-order valence-electron chi connectivity index (χ2n) is 3.70. The number of likely N-dealkylation sites (tertiary alicyclic amines) is 1. The molecule has 0 radical (unpaired) electrons. The van der Waals surface area contributed by atoms with Gasteiger partial charge in [0, 0.05) is 13.1 Å². The summed E-state index contributed by atoms with van der Waals surface area (Å²) in [6.07, 6.45) is -0.301. The highest BCUT2D eigenvalue weighted by Crippen LogP contribution is 2.22. The first-order chi connectivity index (χ1) is 6.15. The molecule has 1 heterocycles. The van der Waals surface area contributed by atoms with Gasteiger partial charge in [0.05, 0.1) is 6.61 Å². The third kappa shape index (κ3) is 2.59. The molecule has 13 heavy (non-hydrogen) atoms. The van der Waals surface area contributed by atoms with E-state index in [-0.39, 0.29) is 19.3 Å². The van der Waals surface area contributed by atoms with Gasteiger partial charge in [0.1, 0.15) is 6.61 Å². The summed E-state index contributed by atoms with van der Waals surface area (Å²) in [6.45, 7) is 5.79. The molecule has 1 aliphatic heterocycles. The third-order valence-corrected chi connectivity index (χ3v) is 2.56. The zero-order valence-corrected chi connectivity index (χ0v) is 8.19. The second kappa shape index (κ2) is 4.46. The number of carbonyl (C=O) groups excluding carboxylic acids is 1. The molecular weight excluding hydrogens is 170 g/mol. The molecule has 1 amide bonds. The lowest BCUT2D eigenvalue weighted by molar-refractivity contribution is 0.0893. The van der Waals surface area contributed by atoms with Gasteiger partial charge in [-0.15, -0.1) is 0 Å². The average Bonchev–Trinajstić information content (AvgIpc) is 2.43. The third-order valence-electron chi connectivity index (χ3n) is 2.56. The molecule has 0 aromatic rings. The van der Waals surface area contributed by atoms with Crippen molar-refractivity contribution in [2.45, 2.75) is 13.8 Å². The highest BCUT2D eigenvalue weighted by molar-refractivity contribution is 5.68. The quantitative estimate of drug-likeness (QED) is 0.692. The number of ether oxygens (including phenoxy) is 1. The van der Waals surface area contributed by atoms with Crippen LogP contribution in [0.15, 0.2) is 0 Å². The summed E-state index contributed by atoms with van der Waals surface area (Å²) < 4.78 is 4.81. The smallest absolute Gasteiger partial charge is 0.409 e. The lowest BCUT2D eigenvalue weighted by Crippen LogP contribution is -2.30. The summed E-state index contributed by atoms with van der Waals surface area (Å²) in [6, 6.07) is 0. The molecule has 1 rings (SSSR count). The fraction of sp³-hybridized carbons (Fsp3) is 0.889. The fourth-order valence-corrected chi connectivity index (χ4v) is 1.50. The van der Waals surface area contributed by atoms with E-state index in [1.165, 1.54) is 0 Å². The molecule has 4 heteroatoms. The minimum atomic E-state index is -0.301. The first kappa shape index (κ1) is 10.3. The molecule has 76 valence electrons. The van der Waals surface area contributed by atoms with Crippen molar-refractivity contribution in [1.29, 1.82) is 0 Å². The molecule has 1 aliphatic rings. The maximum atomic E-state index is 11.3. The molecule has 0 aliphatic carbocycles. The van der Waals surface area contributed by atoms with Crippen LogP contribution in [0, 0.1) is 11.8 Å². The Bertz CT molecular complexity index is 174. The van der Waals surface area contributed by atoms with Gasteiger partial charge in [0.2, 0.25) is 0 Å². The summed E-state index contributed by atoms with van der Waals surface area (Å²) in [4.78, 5) is 13.0. The molecule has 4 nitrogen and oxygen atoms in total. The van der Waals surface area contributed by atoms with E-state index in [9.17, 15) is 4.79 Å². The molecule has 0 saturated carbocycles. The van der Waals surface area contributed by atoms with Crippen molar-refractivity contribution >= 4 is 6.09 Å². The first-order valence-corrected chi connectivity index (χ1v) is 4.67. The van der Waals surface area contributed by atoms with Gasteiger partial charge < -0.3 is 14.7 Å². The van der Waals surface area contributed by atoms with Gasteiger partial charge in [-0.1, -0.05) is 13.8 Å². The van der Waals surface area contributed by atoms with Crippen LogP contribution >= 0.6 is 0 Å². The van der Waals surface area contributed by atoms with Crippen molar-refractivity contribution in [3.8, 4) is 0 Å². The molecule has 1 N–H and O–H groups in total. The number of hydrogen-bond donors (Lipinski definition) is 1. The molecule has 1 saturated heterocycles. The lowest BCUT2D eigenvalue weighted by atomic mass is 10.0. The molecule has 2 unspecified atom stereocenters. The molecule has 0 spiro atoms. The number of hydrogen-bond acceptors (Lipinski definition) is 3. The van der Waals surface area contributed by atoms with Gasteiger partial charge in [-0.2, -0.15) is 0 Å². The Morgan fingerprint density at radius 2 is 2.00 bits per heavy atom. The monoisotopic (exact) mass is 187 g/mol. The van der Waals surface area contributed by atoms with Gasteiger partial charge in [0.15, 0.2) is 0 Å². The van der Waals surface area contributed by atoms with Crippen LogP contribution in [0.4, 0.5) is 4.79 Å². The normalized spacial score (nSPS) is 27.8. The number of aliphatic hydroxyl groups is 1. The topological polar surface area (TPSA) is 49.8 Å². The number of rotatable bonds is 2. The minimum absolute atomic E-state index is 0.0953. The largest absolute Gasteiger partial charge is 0.447 e. The summed E-state index contributed by atoms with van der Waals surface area (Å²) in [7, 11) is 0. The van der Waals surface area contributed by atoms with Crippen LogP contribution in [0.2, 0.25) is 0 Å². The summed E-state index contributed by atoms with van der Waals surface area (Å²) in [5, 5.41) is 8.47. The van der Waals surface area contributed by atoms with Crippen LogP contribution < -0.4 is 0 Å². The van der Waals surface area contributed by atoms with Gasteiger partial charge >= 0.3 is 6.09 Å². The van der Waals surface area contributed by atoms with E-state index < -0.39 is 0 Å². The predicted molar refractivity (Wildman–Crippen MR) is 48.3 cm³/mol. The van der Waals surface area contributed by atoms with E-state index in [1.54, 1.807) is 4.90 Å². The lowest BCUT2D eigenvalue weighted by Gasteiger charge is -2.14. The maximum absolute atomic E-state index is 11.3. The average molecular weight is 187 g/mol. The Kier molecular flexibility index (Phi) is 3.54. The van der Waals surface area contributed by atoms with Gasteiger partial charge in [-0.05, 0) is 11.8 Å². The highest BCUT2D eigenvalue weighted by Gasteiger charge is 2.29. The van der Waals surface area contributed by atoms with Crippen molar-refractivity contribution in [2.24, 2.45) is 11.8 Å². The number of aliphatic hydroxyl groups excluding tert-OH is 1. The van der Waals surface area contributed by atoms with E-state index in [1.807, 2.05) is 0 Å². The van der Waals surface area contributed by atoms with Gasteiger partial charge in [0.25, 0.3) is 0 Å². The molecule has 1 fully saturated rings. The van der Waals surface area contributed by atoms with E-state index in [4.69, 9.17) is 9.84 Å². The minimum Gasteiger partial charge on any atom is -0.447 e. The maximum Gasteiger partial charge on any atom is 0.409 e. The van der Waals surface area contributed by atoms with Crippen molar-refractivity contribution in [2.75, 3.05) is 26.3 Å². The molecule has 0 aromatic carbocycles. The predicted octanol–water partition coefficient (Wildman–Crippen LogP) is 0.703. The number of carbonyl (C=O) groups is 1. The molecule has 2 atom stereocenters. The summed E-state index contributed by atoms with van der Waals surface area (Å²) in [5.41, 5.74) is 0. The fourth-order valence-electron chi connectivity index (χ4n) is 1.50. The Balaban J connectivity index is 2.33. The Labute approximate surface area is 78.5 Å². The van der Waals surface area contributed by atoms with Crippen LogP contribution in [-0.2, 0) is 4.74 Å². The molecule has 0 bridgehead atoms. The number of amides is 1. The molecular formula is C9H17NO3. The van der Waals surface area contributed by atoms with Crippen LogP contribution in [0.1, 0.15) is 13.8 Å². The molecule has 0 aromatic heterocycles. The Morgan fingerprint density at radius 3 is 2.46 bits per heavy atom. The van der Waals surface area contributed by atoms with E-state index in [2.05, 4.69) is 13.8 Å². The Hall–Kier alpha value is -0.770. The van der Waals surface area contributed by atoms with Crippen LogP contribution in [0.3, 0.4) is 0 Å². The van der Waals surface area contributed by atoms with Gasteiger partial charge in [-0.25, -0.2) is 4.79 Å². The first-order valence-electron chi connectivity index (χ1n) is 4.67. The van der Waals surface area contributed by atoms with Crippen LogP contribution in [-0.4, -0.2) is 42.4 Å². The van der Waals surface area contributed by atoms with Crippen molar-refractivity contribution in [3.63, 3.8) is 0 Å². The number of nitrogens with zero attached hydrogens (tertiary/aromatic N) is 1. The zero-order chi connectivity index (χ0) is 9.84. The standard InChI is InChI=1S/C9H17NO3/c1-7-5-10(6-8(7)2)9(12)13-4-3-11/h7-8,11H,3-6H2,1-2H3. The van der Waals surface area contributed by atoms with E-state index >= 15 is 0 Å². The SMILES string of the molecule is CC1CN(C(=O)OCCO)CC1C. The van der Waals surface area contributed by atoms with E-state index in [0.29, 0.717) is 11.8 Å². The van der Waals surface area contributed by atoms with Crippen molar-refractivity contribution < 1.29 is 14.6 Å².